The molecule has 1 aromatic rings. The van der Waals surface area contributed by atoms with Gasteiger partial charge in [0.1, 0.15) is 21.9 Å². The highest BCUT2D eigenvalue weighted by Crippen LogP contribution is 2.37. The van der Waals surface area contributed by atoms with E-state index in [2.05, 4.69) is 5.32 Å². The summed E-state index contributed by atoms with van der Waals surface area (Å²) in [7, 11) is 0. The highest BCUT2D eigenvalue weighted by molar-refractivity contribution is 8.04. The fraction of sp³-hybridized carbons (Fsp3) is 0.560. The van der Waals surface area contributed by atoms with Crippen molar-refractivity contribution in [1.29, 1.82) is 5.26 Å². The number of anilines is 1. The Morgan fingerprint density at radius 1 is 1.26 bits per heavy atom. The number of halogens is 5. The number of amides is 2. The lowest BCUT2D eigenvalue weighted by atomic mass is 9.96. The molecule has 13 heteroatoms. The van der Waals surface area contributed by atoms with Crippen molar-refractivity contribution in [2.24, 2.45) is 5.92 Å². The summed E-state index contributed by atoms with van der Waals surface area (Å²) in [5.41, 5.74) is 1.37. The molecule has 0 bridgehead atoms. The highest BCUT2D eigenvalue weighted by atomic mass is 32.2. The lowest BCUT2D eigenvalue weighted by Crippen LogP contribution is -2.39. The first-order valence-corrected chi connectivity index (χ1v) is 13.2. The van der Waals surface area contributed by atoms with Crippen molar-refractivity contribution in [1.82, 2.24) is 15.1 Å². The van der Waals surface area contributed by atoms with Crippen LogP contribution >= 0.6 is 11.8 Å². The Hall–Kier alpha value is -2.85. The molecule has 0 radical (unpaired) electrons. The summed E-state index contributed by atoms with van der Waals surface area (Å²) in [4.78, 5) is 28.5. The number of benzene rings is 1. The third kappa shape index (κ3) is 7.83. The molecule has 2 saturated heterocycles. The van der Waals surface area contributed by atoms with E-state index in [1.807, 2.05) is 34.5 Å². The molecule has 2 fully saturated rings. The third-order valence-electron chi connectivity index (χ3n) is 6.51. The second-order valence-electron chi connectivity index (χ2n) is 9.07. The molecule has 0 spiro atoms. The van der Waals surface area contributed by atoms with Gasteiger partial charge in [-0.15, -0.1) is 0 Å². The zero-order valence-electron chi connectivity index (χ0n) is 20.9. The Balaban J connectivity index is 1.57. The summed E-state index contributed by atoms with van der Waals surface area (Å²) in [6.45, 7) is 2.69. The quantitative estimate of drug-likeness (QED) is 0.256. The molecule has 2 aliphatic rings. The largest absolute Gasteiger partial charge is 0.391 e. The van der Waals surface area contributed by atoms with Crippen molar-refractivity contribution in [2.75, 3.05) is 44.6 Å². The minimum Gasteiger partial charge on any atom is -0.383 e. The topological polar surface area (TPSA) is 88.5 Å². The van der Waals surface area contributed by atoms with Gasteiger partial charge in [0.25, 0.3) is 12.3 Å². The predicted octanol–water partition coefficient (Wildman–Crippen LogP) is 4.00. The molecule has 1 aromatic carbocycles. The van der Waals surface area contributed by atoms with Crippen LogP contribution in [-0.4, -0.2) is 78.7 Å². The van der Waals surface area contributed by atoms with Gasteiger partial charge in [-0.3, -0.25) is 9.59 Å². The van der Waals surface area contributed by atoms with Crippen LogP contribution in [0.1, 0.15) is 25.3 Å². The van der Waals surface area contributed by atoms with Gasteiger partial charge in [0.05, 0.1) is 12.5 Å². The molecule has 7 nitrogen and oxygen atoms in total. The van der Waals surface area contributed by atoms with E-state index in [0.717, 1.165) is 23.0 Å². The minimum absolute atomic E-state index is 0.116. The van der Waals surface area contributed by atoms with Crippen LogP contribution < -0.4 is 10.6 Å². The minimum atomic E-state index is -4.13. The highest BCUT2D eigenvalue weighted by Gasteiger charge is 2.41. The fourth-order valence-electron chi connectivity index (χ4n) is 4.42. The van der Waals surface area contributed by atoms with E-state index in [1.54, 1.807) is 13.0 Å². The lowest BCUT2D eigenvalue weighted by Gasteiger charge is -2.32. The van der Waals surface area contributed by atoms with Crippen molar-refractivity contribution in [3.05, 3.63) is 40.4 Å². The average molecular weight is 560 g/mol. The molecule has 1 atom stereocenters. The number of carbonyl (C=O) groups excluding carboxylic acids is 2. The van der Waals surface area contributed by atoms with Gasteiger partial charge >= 0.3 is 6.18 Å². The summed E-state index contributed by atoms with van der Waals surface area (Å²) in [6.07, 6.45) is -6.00. The number of thioether (sulfide) groups is 1. The van der Waals surface area contributed by atoms with Gasteiger partial charge in [0.2, 0.25) is 5.91 Å². The molecular weight excluding hydrogens is 529 g/mol. The van der Waals surface area contributed by atoms with Crippen LogP contribution in [-0.2, 0) is 16.0 Å². The number of hydrogen-bond acceptors (Lipinski definition) is 6. The molecule has 2 aliphatic heterocycles. The molecule has 208 valence electrons. The van der Waals surface area contributed by atoms with Gasteiger partial charge in [-0.2, -0.15) is 18.4 Å². The second kappa shape index (κ2) is 13.3. The maximum atomic E-state index is 12.9. The summed E-state index contributed by atoms with van der Waals surface area (Å²) in [5.74, 6) is -2.48. The fourth-order valence-corrected chi connectivity index (χ4v) is 5.68. The molecule has 3 rings (SSSR count). The van der Waals surface area contributed by atoms with Crippen LogP contribution in [0.5, 0.6) is 0 Å². The van der Waals surface area contributed by atoms with Crippen LogP contribution in [0.4, 0.5) is 27.6 Å². The Bertz CT molecular complexity index is 1070. The molecule has 2 heterocycles. The Morgan fingerprint density at radius 3 is 2.58 bits per heavy atom. The van der Waals surface area contributed by atoms with Crippen molar-refractivity contribution >= 4 is 29.3 Å². The molecular formula is C25H30F5N5O2S. The standard InChI is InChI=1S/C25H30F5N5O2S/c1-2-35-23(37)20(38-24(35)19(13-31)22(36)33-15-21(26)27)14-32-18-5-3-4-16(12-18)6-9-34-10-7-17(8-11-34)25(28,29)30/h3-5,12,17,20-21,32H,2,6-11,14-15H2,1H3,(H,33,36)/b24-19-. The predicted molar refractivity (Wildman–Crippen MR) is 134 cm³/mol. The zero-order valence-corrected chi connectivity index (χ0v) is 21.7. The van der Waals surface area contributed by atoms with E-state index >= 15 is 0 Å². The molecule has 0 saturated carbocycles. The van der Waals surface area contributed by atoms with Gasteiger partial charge in [-0.25, -0.2) is 8.78 Å². The number of carbonyl (C=O) groups is 2. The van der Waals surface area contributed by atoms with E-state index in [-0.39, 0.29) is 42.4 Å². The van der Waals surface area contributed by atoms with Crippen molar-refractivity contribution in [3.8, 4) is 6.07 Å². The number of nitrogens with zero attached hydrogens (tertiary/aromatic N) is 3. The Kier molecular flexibility index (Phi) is 10.4. The summed E-state index contributed by atoms with van der Waals surface area (Å²) in [5, 5.41) is 14.2. The third-order valence-corrected chi connectivity index (χ3v) is 7.81. The van der Waals surface area contributed by atoms with E-state index in [0.29, 0.717) is 26.1 Å². The van der Waals surface area contributed by atoms with E-state index in [1.165, 1.54) is 4.90 Å². The maximum absolute atomic E-state index is 12.9. The number of alkyl halides is 5. The van der Waals surface area contributed by atoms with E-state index in [4.69, 9.17) is 0 Å². The normalized spacial score (nSPS) is 20.5. The smallest absolute Gasteiger partial charge is 0.383 e. The monoisotopic (exact) mass is 559 g/mol. The molecule has 0 aliphatic carbocycles. The number of nitrogens with one attached hydrogen (secondary N) is 2. The van der Waals surface area contributed by atoms with Gasteiger partial charge in [-0.05, 0) is 57.0 Å². The zero-order chi connectivity index (χ0) is 27.9. The Morgan fingerprint density at radius 2 is 1.97 bits per heavy atom. The number of nitriles is 1. The first-order chi connectivity index (χ1) is 18.0. The molecule has 1 unspecified atom stereocenters. The first kappa shape index (κ1) is 29.7. The van der Waals surface area contributed by atoms with E-state index in [9.17, 15) is 36.8 Å². The molecule has 2 N–H and O–H groups in total. The summed E-state index contributed by atoms with van der Waals surface area (Å²) in [6, 6.07) is 9.26. The van der Waals surface area contributed by atoms with Crippen molar-refractivity contribution in [3.63, 3.8) is 0 Å². The van der Waals surface area contributed by atoms with Crippen molar-refractivity contribution < 1.29 is 31.5 Å². The second-order valence-corrected chi connectivity index (χ2v) is 10.3. The van der Waals surface area contributed by atoms with Crippen LogP contribution in [0.3, 0.4) is 0 Å². The number of piperidine rings is 1. The number of rotatable bonds is 10. The van der Waals surface area contributed by atoms with Gasteiger partial charge in [0.15, 0.2) is 0 Å². The first-order valence-electron chi connectivity index (χ1n) is 12.3. The summed E-state index contributed by atoms with van der Waals surface area (Å²) < 4.78 is 63.6. The number of hydrogen-bond donors (Lipinski definition) is 2. The maximum Gasteiger partial charge on any atom is 0.391 e. The molecule has 2 amide bonds. The SMILES string of the molecule is CCN1C(=O)C(CNc2cccc(CCN3CCC(C(F)(F)F)CC3)c2)S/C1=C(/C#N)C(=O)NCC(F)F. The Labute approximate surface area is 222 Å². The lowest BCUT2D eigenvalue weighted by molar-refractivity contribution is -0.185. The summed E-state index contributed by atoms with van der Waals surface area (Å²) >= 11 is 1.04. The van der Waals surface area contributed by atoms with Crippen LogP contribution in [0, 0.1) is 17.2 Å². The molecule has 0 aromatic heterocycles. The van der Waals surface area contributed by atoms with Gasteiger partial charge in [0, 0.05) is 25.3 Å². The van der Waals surface area contributed by atoms with Crippen LogP contribution in [0.2, 0.25) is 0 Å². The van der Waals surface area contributed by atoms with Crippen LogP contribution in [0.15, 0.2) is 34.9 Å². The molecule has 38 heavy (non-hydrogen) atoms. The van der Waals surface area contributed by atoms with Gasteiger partial charge < -0.3 is 20.4 Å². The number of likely N-dealkylation sites (tertiary alicyclic amines) is 1. The van der Waals surface area contributed by atoms with Crippen LogP contribution in [0.25, 0.3) is 0 Å². The average Bonchev–Trinajstić information content (AvgIpc) is 3.20. The van der Waals surface area contributed by atoms with Gasteiger partial charge in [-0.1, -0.05) is 23.9 Å². The van der Waals surface area contributed by atoms with E-state index < -0.39 is 36.2 Å². The van der Waals surface area contributed by atoms with Crippen molar-refractivity contribution in [2.45, 2.75) is 44.0 Å².